The maximum Gasteiger partial charge on any atom is 0.438 e. The molecule has 0 radical (unpaired) electrons. The van der Waals surface area contributed by atoms with Crippen LogP contribution in [-0.4, -0.2) is 58.6 Å². The average Bonchev–Trinajstić information content (AvgIpc) is 3.29. The van der Waals surface area contributed by atoms with E-state index in [-0.39, 0.29) is 5.91 Å². The number of hydrogen-bond acceptors (Lipinski definition) is 5. The highest BCUT2D eigenvalue weighted by molar-refractivity contribution is 5.94. The number of amides is 1. The minimum atomic E-state index is -0.551. The first-order valence-corrected chi connectivity index (χ1v) is 13.8. The third kappa shape index (κ3) is 10.0. The molecule has 0 aliphatic carbocycles. The van der Waals surface area contributed by atoms with Gasteiger partial charge in [-0.2, -0.15) is 0 Å². The monoisotopic (exact) mass is 484 g/mol. The number of carbonyl (C=O) groups excluding carboxylic acids is 1. The van der Waals surface area contributed by atoms with Crippen LogP contribution in [0.3, 0.4) is 0 Å². The number of hydrogen-bond donors (Lipinski definition) is 1. The van der Waals surface area contributed by atoms with E-state index in [0.717, 1.165) is 38.3 Å². The van der Waals surface area contributed by atoms with E-state index in [0.29, 0.717) is 17.8 Å². The number of benzene rings is 1. The maximum atomic E-state index is 12.9. The fourth-order valence-electron chi connectivity index (χ4n) is 4.83. The summed E-state index contributed by atoms with van der Waals surface area (Å²) in [5.74, 6) is 0.0273. The molecule has 35 heavy (non-hydrogen) atoms. The van der Waals surface area contributed by atoms with Crippen LogP contribution in [0.5, 0.6) is 0 Å². The first-order chi connectivity index (χ1) is 17.2. The number of aromatic amines is 1. The van der Waals surface area contributed by atoms with Crippen molar-refractivity contribution in [1.29, 1.82) is 0 Å². The van der Waals surface area contributed by atoms with Gasteiger partial charge >= 0.3 is 5.76 Å². The third-order valence-corrected chi connectivity index (χ3v) is 7.04. The lowest BCUT2D eigenvalue weighted by Crippen LogP contribution is -2.48. The van der Waals surface area contributed by atoms with Crippen molar-refractivity contribution < 1.29 is 9.32 Å². The van der Waals surface area contributed by atoms with Crippen molar-refractivity contribution in [2.45, 2.75) is 90.4 Å². The summed E-state index contributed by atoms with van der Waals surface area (Å²) in [6.45, 7) is 6.93. The predicted molar refractivity (Wildman–Crippen MR) is 140 cm³/mol. The van der Waals surface area contributed by atoms with Crippen LogP contribution < -0.4 is 5.76 Å². The van der Waals surface area contributed by atoms with Crippen molar-refractivity contribution in [3.63, 3.8) is 0 Å². The number of piperazine rings is 1. The molecule has 1 aromatic heterocycles. The zero-order valence-electron chi connectivity index (χ0n) is 21.6. The Morgan fingerprint density at radius 3 is 1.97 bits per heavy atom. The summed E-state index contributed by atoms with van der Waals surface area (Å²) in [6, 6.07) is 7.53. The molecule has 1 amide bonds. The molecule has 0 bridgehead atoms. The first-order valence-electron chi connectivity index (χ1n) is 13.8. The Kier molecular flexibility index (Phi) is 12.1. The molecule has 1 fully saturated rings. The maximum absolute atomic E-state index is 12.9. The molecule has 0 saturated carbocycles. The lowest BCUT2D eigenvalue weighted by Gasteiger charge is -2.34. The van der Waals surface area contributed by atoms with E-state index in [2.05, 4.69) is 26.5 Å². The molecular weight excluding hydrogens is 440 g/mol. The van der Waals surface area contributed by atoms with Crippen molar-refractivity contribution in [2.24, 2.45) is 0 Å². The summed E-state index contributed by atoms with van der Waals surface area (Å²) in [5.41, 5.74) is 1.68. The number of nitrogens with zero attached hydrogens (tertiary/aromatic N) is 3. The zero-order valence-corrected chi connectivity index (χ0v) is 21.6. The second kappa shape index (κ2) is 15.6. The lowest BCUT2D eigenvalue weighted by molar-refractivity contribution is 0.0635. The number of carbonyl (C=O) groups is 1. The van der Waals surface area contributed by atoms with Crippen LogP contribution in [0.25, 0.3) is 0 Å². The van der Waals surface area contributed by atoms with Crippen molar-refractivity contribution >= 4 is 5.91 Å². The van der Waals surface area contributed by atoms with Crippen LogP contribution in [-0.2, 0) is 6.42 Å². The largest absolute Gasteiger partial charge is 0.438 e. The van der Waals surface area contributed by atoms with Crippen molar-refractivity contribution in [1.82, 2.24) is 19.9 Å². The molecule has 1 N–H and O–H groups in total. The van der Waals surface area contributed by atoms with Gasteiger partial charge in [0.1, 0.15) is 0 Å². The topological polar surface area (TPSA) is 82.4 Å². The number of rotatable bonds is 16. The summed E-state index contributed by atoms with van der Waals surface area (Å²) in [6.07, 6.45) is 17.0. The first kappa shape index (κ1) is 27.2. The number of unbranched alkanes of at least 4 members (excludes halogenated alkanes) is 11. The van der Waals surface area contributed by atoms with Gasteiger partial charge in [-0.05, 0) is 30.7 Å². The second-order valence-electron chi connectivity index (χ2n) is 9.94. The number of nitrogens with one attached hydrogen (secondary N) is 1. The van der Waals surface area contributed by atoms with Crippen LogP contribution in [0.2, 0.25) is 0 Å². The molecule has 7 heteroatoms. The standard InChI is InChI=1S/C28H44N4O3/c1-2-3-4-5-6-7-8-9-10-11-12-13-18-31-19-21-32(22-20-31)27(33)25-16-14-24(15-17-25)23-26-29-28(34)35-30-26/h14-17H,2-13,18-23H2,1H3,(H,29,30,34). The molecule has 0 atom stereocenters. The van der Waals surface area contributed by atoms with E-state index in [1.54, 1.807) is 0 Å². The fraction of sp³-hybridized carbons (Fsp3) is 0.679. The minimum absolute atomic E-state index is 0.0939. The normalized spacial score (nSPS) is 14.5. The average molecular weight is 485 g/mol. The van der Waals surface area contributed by atoms with Gasteiger partial charge in [0, 0.05) is 38.2 Å². The molecule has 194 valence electrons. The van der Waals surface area contributed by atoms with Crippen LogP contribution in [0.1, 0.15) is 106 Å². The number of H-pyrrole nitrogens is 1. The minimum Gasteiger partial charge on any atom is -0.336 e. The highest BCUT2D eigenvalue weighted by Crippen LogP contribution is 2.14. The SMILES string of the molecule is CCCCCCCCCCCCCCN1CCN(C(=O)c2ccc(Cc3noc(=O)[nH]3)cc2)CC1. The summed E-state index contributed by atoms with van der Waals surface area (Å²) in [7, 11) is 0. The van der Waals surface area contributed by atoms with Gasteiger partial charge in [0.2, 0.25) is 0 Å². The molecular formula is C28H44N4O3. The molecule has 2 aromatic rings. The Bertz CT molecular complexity index is 897. The Morgan fingerprint density at radius 2 is 1.43 bits per heavy atom. The van der Waals surface area contributed by atoms with Crippen molar-refractivity contribution in [3.05, 3.63) is 51.8 Å². The summed E-state index contributed by atoms with van der Waals surface area (Å²) < 4.78 is 4.53. The lowest BCUT2D eigenvalue weighted by atomic mass is 10.1. The summed E-state index contributed by atoms with van der Waals surface area (Å²) in [4.78, 5) is 30.9. The fourth-order valence-corrected chi connectivity index (χ4v) is 4.83. The zero-order chi connectivity index (χ0) is 24.7. The molecule has 7 nitrogen and oxygen atoms in total. The van der Waals surface area contributed by atoms with E-state index in [9.17, 15) is 9.59 Å². The van der Waals surface area contributed by atoms with Gasteiger partial charge in [-0.1, -0.05) is 94.8 Å². The third-order valence-electron chi connectivity index (χ3n) is 7.04. The summed E-state index contributed by atoms with van der Waals surface area (Å²) in [5, 5.41) is 3.68. The number of aromatic nitrogens is 2. The van der Waals surface area contributed by atoms with E-state index >= 15 is 0 Å². The molecule has 1 saturated heterocycles. The summed E-state index contributed by atoms with van der Waals surface area (Å²) >= 11 is 0. The molecule has 0 unspecified atom stereocenters. The van der Waals surface area contributed by atoms with Gasteiger partial charge < -0.3 is 4.90 Å². The Morgan fingerprint density at radius 1 is 0.857 bits per heavy atom. The van der Waals surface area contributed by atoms with Crippen LogP contribution in [0.15, 0.2) is 33.6 Å². The Hall–Kier alpha value is -2.41. The highest BCUT2D eigenvalue weighted by Gasteiger charge is 2.21. The van der Waals surface area contributed by atoms with E-state index in [1.807, 2.05) is 29.2 Å². The van der Waals surface area contributed by atoms with Gasteiger partial charge in [0.05, 0.1) is 0 Å². The smallest absolute Gasteiger partial charge is 0.336 e. The van der Waals surface area contributed by atoms with Crippen LogP contribution >= 0.6 is 0 Å². The van der Waals surface area contributed by atoms with Crippen LogP contribution in [0, 0.1) is 0 Å². The Balaban J connectivity index is 1.23. The molecule has 0 spiro atoms. The van der Waals surface area contributed by atoms with Gasteiger partial charge in [0.25, 0.3) is 5.91 Å². The van der Waals surface area contributed by atoms with Gasteiger partial charge in [-0.15, -0.1) is 0 Å². The molecule has 2 heterocycles. The van der Waals surface area contributed by atoms with Crippen molar-refractivity contribution in [3.8, 4) is 0 Å². The van der Waals surface area contributed by atoms with Gasteiger partial charge in [0.15, 0.2) is 5.82 Å². The quantitative estimate of drug-likeness (QED) is 0.322. The van der Waals surface area contributed by atoms with Gasteiger partial charge in [-0.25, -0.2) is 4.79 Å². The molecule has 1 aromatic carbocycles. The van der Waals surface area contributed by atoms with E-state index < -0.39 is 5.76 Å². The molecule has 1 aliphatic rings. The van der Waals surface area contributed by atoms with E-state index in [4.69, 9.17) is 0 Å². The Labute approximate surface area is 210 Å². The second-order valence-corrected chi connectivity index (χ2v) is 9.94. The van der Waals surface area contributed by atoms with Crippen LogP contribution in [0.4, 0.5) is 0 Å². The molecule has 1 aliphatic heterocycles. The predicted octanol–water partition coefficient (Wildman–Crippen LogP) is 5.41. The van der Waals surface area contributed by atoms with E-state index in [1.165, 1.54) is 77.0 Å². The molecule has 3 rings (SSSR count). The highest BCUT2D eigenvalue weighted by atomic mass is 16.5. The van der Waals surface area contributed by atoms with Crippen molar-refractivity contribution in [2.75, 3.05) is 32.7 Å². The van der Waals surface area contributed by atoms with Gasteiger partial charge in [-0.3, -0.25) is 19.2 Å².